The number of hydrogen-bond acceptors (Lipinski definition) is 3. The lowest BCUT2D eigenvalue weighted by atomic mass is 10.1. The largest absolute Gasteiger partial charge is 0.398 e. The average molecular weight is 383 g/mol. The first-order valence-corrected chi connectivity index (χ1v) is 9.06. The Morgan fingerprint density at radius 2 is 1.73 bits per heavy atom. The molecule has 0 bridgehead atoms. The SMILES string of the molecule is CC(C)(C)NS(=O)(=O)c1ccccc1-c1ccc(N)c(Br)c1. The molecule has 0 aliphatic rings. The molecule has 3 N–H and O–H groups in total. The van der Waals surface area contributed by atoms with Gasteiger partial charge in [0.05, 0.1) is 4.90 Å². The molecule has 0 amide bonds. The van der Waals surface area contributed by atoms with Gasteiger partial charge in [0, 0.05) is 21.3 Å². The standard InChI is InChI=1S/C16H19BrN2O2S/c1-16(2,3)19-22(20,21)15-7-5-4-6-12(15)11-8-9-14(18)13(17)10-11/h4-10,19H,18H2,1-3H3. The van der Waals surface area contributed by atoms with Gasteiger partial charge in [-0.25, -0.2) is 13.1 Å². The van der Waals surface area contributed by atoms with Crippen LogP contribution in [-0.4, -0.2) is 14.0 Å². The number of nitrogens with one attached hydrogen (secondary N) is 1. The van der Waals surface area contributed by atoms with Gasteiger partial charge in [-0.15, -0.1) is 0 Å². The third-order valence-corrected chi connectivity index (χ3v) is 5.43. The van der Waals surface area contributed by atoms with Crippen molar-refractivity contribution in [1.82, 2.24) is 4.72 Å². The maximum Gasteiger partial charge on any atom is 0.241 e. The van der Waals surface area contributed by atoms with Crippen molar-refractivity contribution in [2.75, 3.05) is 5.73 Å². The van der Waals surface area contributed by atoms with E-state index in [1.54, 1.807) is 24.3 Å². The minimum absolute atomic E-state index is 0.251. The zero-order valence-electron chi connectivity index (χ0n) is 12.7. The molecule has 0 saturated carbocycles. The molecular weight excluding hydrogens is 364 g/mol. The van der Waals surface area contributed by atoms with E-state index in [4.69, 9.17) is 5.73 Å². The number of benzene rings is 2. The van der Waals surface area contributed by atoms with E-state index in [1.165, 1.54) is 0 Å². The van der Waals surface area contributed by atoms with Crippen molar-refractivity contribution in [1.29, 1.82) is 0 Å². The Hall–Kier alpha value is -1.37. The summed E-state index contributed by atoms with van der Waals surface area (Å²) < 4.78 is 28.7. The second-order valence-corrected chi connectivity index (χ2v) is 8.59. The topological polar surface area (TPSA) is 72.2 Å². The molecule has 0 aromatic heterocycles. The molecule has 2 aromatic carbocycles. The van der Waals surface area contributed by atoms with Crippen LogP contribution in [0.25, 0.3) is 11.1 Å². The van der Waals surface area contributed by atoms with E-state index in [9.17, 15) is 8.42 Å². The van der Waals surface area contributed by atoms with Crippen molar-refractivity contribution < 1.29 is 8.42 Å². The van der Waals surface area contributed by atoms with Gasteiger partial charge >= 0.3 is 0 Å². The number of hydrogen-bond donors (Lipinski definition) is 2. The number of nitrogens with two attached hydrogens (primary N) is 1. The molecule has 0 fully saturated rings. The van der Waals surface area contributed by atoms with Crippen LogP contribution in [0.1, 0.15) is 20.8 Å². The lowest BCUT2D eigenvalue weighted by molar-refractivity contribution is 0.491. The molecule has 0 atom stereocenters. The smallest absolute Gasteiger partial charge is 0.241 e. The highest BCUT2D eigenvalue weighted by atomic mass is 79.9. The van der Waals surface area contributed by atoms with E-state index in [0.717, 1.165) is 10.0 Å². The molecule has 22 heavy (non-hydrogen) atoms. The highest BCUT2D eigenvalue weighted by Crippen LogP contribution is 2.31. The summed E-state index contributed by atoms with van der Waals surface area (Å²) in [4.78, 5) is 0.251. The summed E-state index contributed by atoms with van der Waals surface area (Å²) in [7, 11) is -3.62. The first-order valence-electron chi connectivity index (χ1n) is 6.78. The van der Waals surface area contributed by atoms with Crippen LogP contribution in [0.5, 0.6) is 0 Å². The van der Waals surface area contributed by atoms with Crippen LogP contribution < -0.4 is 10.5 Å². The van der Waals surface area contributed by atoms with Crippen molar-refractivity contribution in [3.05, 3.63) is 46.9 Å². The average Bonchev–Trinajstić information content (AvgIpc) is 2.39. The predicted molar refractivity (Wildman–Crippen MR) is 94.1 cm³/mol. The third-order valence-electron chi connectivity index (χ3n) is 2.93. The zero-order chi connectivity index (χ0) is 16.5. The molecule has 2 aromatic rings. The molecule has 4 nitrogen and oxygen atoms in total. The minimum Gasteiger partial charge on any atom is -0.398 e. The number of nitrogen functional groups attached to an aromatic ring is 1. The minimum atomic E-state index is -3.62. The van der Waals surface area contributed by atoms with Crippen molar-refractivity contribution in [2.45, 2.75) is 31.2 Å². The van der Waals surface area contributed by atoms with Gasteiger partial charge < -0.3 is 5.73 Å². The Morgan fingerprint density at radius 3 is 2.32 bits per heavy atom. The van der Waals surface area contributed by atoms with Crippen molar-refractivity contribution in [2.24, 2.45) is 0 Å². The molecule has 6 heteroatoms. The van der Waals surface area contributed by atoms with Crippen LogP contribution in [0, 0.1) is 0 Å². The van der Waals surface area contributed by atoms with Crippen LogP contribution in [0.4, 0.5) is 5.69 Å². The molecule has 0 radical (unpaired) electrons. The van der Waals surface area contributed by atoms with Gasteiger partial charge in [-0.2, -0.15) is 0 Å². The van der Waals surface area contributed by atoms with Crippen LogP contribution in [0.2, 0.25) is 0 Å². The monoisotopic (exact) mass is 382 g/mol. The maximum atomic E-state index is 12.6. The fraction of sp³-hybridized carbons (Fsp3) is 0.250. The van der Waals surface area contributed by atoms with E-state index in [2.05, 4.69) is 20.7 Å². The summed E-state index contributed by atoms with van der Waals surface area (Å²) in [6.45, 7) is 5.44. The number of anilines is 1. The molecule has 0 unspecified atom stereocenters. The van der Waals surface area contributed by atoms with Crippen LogP contribution in [-0.2, 0) is 10.0 Å². The molecule has 0 aliphatic heterocycles. The second-order valence-electron chi connectivity index (χ2n) is 6.09. The van der Waals surface area contributed by atoms with E-state index in [-0.39, 0.29) is 4.90 Å². The first kappa shape index (κ1) is 17.0. The van der Waals surface area contributed by atoms with Gasteiger partial charge in [0.2, 0.25) is 10.0 Å². The summed E-state index contributed by atoms with van der Waals surface area (Å²) in [6.07, 6.45) is 0. The lowest BCUT2D eigenvalue weighted by Crippen LogP contribution is -2.40. The Labute approximate surface area is 139 Å². The van der Waals surface area contributed by atoms with Crippen molar-refractivity contribution in [3.63, 3.8) is 0 Å². The molecule has 0 saturated heterocycles. The Balaban J connectivity index is 2.58. The Morgan fingerprint density at radius 1 is 1.09 bits per heavy atom. The summed E-state index contributed by atoms with van der Waals surface area (Å²) >= 11 is 3.38. The molecule has 118 valence electrons. The Bertz CT molecular complexity index is 796. The number of rotatable bonds is 3. The van der Waals surface area contributed by atoms with E-state index < -0.39 is 15.6 Å². The normalized spacial score (nSPS) is 12.4. The molecule has 2 rings (SSSR count). The molecule has 0 aliphatic carbocycles. The summed E-state index contributed by atoms with van der Waals surface area (Å²) in [5, 5.41) is 0. The number of halogens is 1. The predicted octanol–water partition coefficient (Wildman–Crippen LogP) is 3.78. The number of sulfonamides is 1. The lowest BCUT2D eigenvalue weighted by Gasteiger charge is -2.21. The summed E-state index contributed by atoms with van der Waals surface area (Å²) in [6, 6.07) is 12.3. The van der Waals surface area contributed by atoms with E-state index >= 15 is 0 Å². The second kappa shape index (κ2) is 6.02. The zero-order valence-corrected chi connectivity index (χ0v) is 15.1. The highest BCUT2D eigenvalue weighted by Gasteiger charge is 2.24. The fourth-order valence-corrected chi connectivity index (χ4v) is 4.12. The van der Waals surface area contributed by atoms with Crippen molar-refractivity contribution >= 4 is 31.6 Å². The summed E-state index contributed by atoms with van der Waals surface area (Å²) in [5.74, 6) is 0. The van der Waals surface area contributed by atoms with Crippen LogP contribution in [0.15, 0.2) is 51.8 Å². The van der Waals surface area contributed by atoms with Gasteiger partial charge in [-0.05, 0) is 60.5 Å². The first-order chi connectivity index (χ1) is 10.1. The van der Waals surface area contributed by atoms with E-state index in [1.807, 2.05) is 39.0 Å². The quantitative estimate of drug-likeness (QED) is 0.793. The molecule has 0 heterocycles. The highest BCUT2D eigenvalue weighted by molar-refractivity contribution is 9.10. The molecule has 0 spiro atoms. The van der Waals surface area contributed by atoms with E-state index in [0.29, 0.717) is 11.3 Å². The Kier molecular flexibility index (Phi) is 4.65. The van der Waals surface area contributed by atoms with Gasteiger partial charge in [0.15, 0.2) is 0 Å². The van der Waals surface area contributed by atoms with Gasteiger partial charge in [-0.1, -0.05) is 24.3 Å². The van der Waals surface area contributed by atoms with Gasteiger partial charge in [0.25, 0.3) is 0 Å². The fourth-order valence-electron chi connectivity index (χ4n) is 2.09. The maximum absolute atomic E-state index is 12.6. The van der Waals surface area contributed by atoms with Crippen molar-refractivity contribution in [3.8, 4) is 11.1 Å². The summed E-state index contributed by atoms with van der Waals surface area (Å²) in [5.41, 5.74) is 7.28. The third kappa shape index (κ3) is 3.88. The van der Waals surface area contributed by atoms with Gasteiger partial charge in [0.1, 0.15) is 0 Å². The van der Waals surface area contributed by atoms with Crippen LogP contribution >= 0.6 is 15.9 Å². The van der Waals surface area contributed by atoms with Gasteiger partial charge in [-0.3, -0.25) is 0 Å². The van der Waals surface area contributed by atoms with Crippen LogP contribution in [0.3, 0.4) is 0 Å². The molecular formula is C16H19BrN2O2S.